The fourth-order valence-corrected chi connectivity index (χ4v) is 3.40. The van der Waals surface area contributed by atoms with Crippen LogP contribution in [0.4, 0.5) is 5.69 Å². The molecule has 1 aromatic rings. The molecule has 1 saturated heterocycles. The van der Waals surface area contributed by atoms with Gasteiger partial charge >= 0.3 is 0 Å². The van der Waals surface area contributed by atoms with E-state index in [2.05, 4.69) is 36.9 Å². The summed E-state index contributed by atoms with van der Waals surface area (Å²) in [4.78, 5) is 16.4. The molecule has 1 fully saturated rings. The van der Waals surface area contributed by atoms with Crippen molar-refractivity contribution in [2.24, 2.45) is 10.4 Å². The molecule has 1 amide bonds. The molecule has 0 saturated carbocycles. The number of carbonyl (C=O) groups excluding carboxylic acids is 1. The van der Waals surface area contributed by atoms with Crippen molar-refractivity contribution in [2.45, 2.75) is 26.2 Å². The van der Waals surface area contributed by atoms with Gasteiger partial charge in [0.2, 0.25) is 5.91 Å². The van der Waals surface area contributed by atoms with E-state index in [0.29, 0.717) is 38.5 Å². The van der Waals surface area contributed by atoms with Crippen LogP contribution in [0.25, 0.3) is 0 Å². The van der Waals surface area contributed by atoms with Crippen molar-refractivity contribution in [3.63, 3.8) is 0 Å². The summed E-state index contributed by atoms with van der Waals surface area (Å²) in [5.74, 6) is 0.589. The molecule has 1 heterocycles. The Kier molecular flexibility index (Phi) is 8.53. The van der Waals surface area contributed by atoms with Gasteiger partial charge in [-0.25, -0.2) is 0 Å². The summed E-state index contributed by atoms with van der Waals surface area (Å²) >= 11 is 3.42. The molecule has 27 heavy (non-hydrogen) atoms. The number of halogens is 1. The van der Waals surface area contributed by atoms with E-state index in [1.807, 2.05) is 25.1 Å². The number of aryl methyl sites for hydroxylation is 1. The van der Waals surface area contributed by atoms with Crippen LogP contribution in [0.15, 0.2) is 27.7 Å². The Hall–Kier alpha value is -1.64. The number of benzene rings is 1. The summed E-state index contributed by atoms with van der Waals surface area (Å²) in [6.07, 6.45) is 1.95. The molecule has 0 radical (unpaired) electrons. The van der Waals surface area contributed by atoms with Gasteiger partial charge in [-0.05, 0) is 37.5 Å². The van der Waals surface area contributed by atoms with Gasteiger partial charge in [-0.15, -0.1) is 0 Å². The predicted molar refractivity (Wildman–Crippen MR) is 111 cm³/mol. The summed E-state index contributed by atoms with van der Waals surface area (Å²) < 4.78 is 6.43. The number of nitrogens with one attached hydrogen (secondary N) is 3. The molecule has 8 heteroatoms. The van der Waals surface area contributed by atoms with E-state index in [0.717, 1.165) is 28.8 Å². The molecule has 0 aliphatic carbocycles. The summed E-state index contributed by atoms with van der Waals surface area (Å²) in [7, 11) is 1.70. The number of nitrogens with zero attached hydrogens (tertiary/aromatic N) is 1. The van der Waals surface area contributed by atoms with Gasteiger partial charge in [-0.1, -0.05) is 22.0 Å². The van der Waals surface area contributed by atoms with Crippen LogP contribution in [-0.2, 0) is 9.53 Å². The molecule has 1 aliphatic rings. The number of ether oxygens (including phenoxy) is 1. The van der Waals surface area contributed by atoms with Gasteiger partial charge < -0.3 is 25.8 Å². The Morgan fingerprint density at radius 1 is 1.41 bits per heavy atom. The van der Waals surface area contributed by atoms with Crippen molar-refractivity contribution >= 4 is 33.5 Å². The number of aliphatic hydroxyl groups excluding tert-OH is 1. The molecule has 1 aliphatic heterocycles. The molecule has 0 spiro atoms. The first-order valence-electron chi connectivity index (χ1n) is 9.17. The lowest BCUT2D eigenvalue weighted by Crippen LogP contribution is -2.45. The van der Waals surface area contributed by atoms with E-state index in [-0.39, 0.29) is 17.9 Å². The third kappa shape index (κ3) is 6.79. The number of carbonyl (C=O) groups is 1. The lowest BCUT2D eigenvalue weighted by molar-refractivity contribution is -0.116. The maximum atomic E-state index is 12.2. The lowest BCUT2D eigenvalue weighted by Gasteiger charge is -2.27. The third-order valence-electron chi connectivity index (χ3n) is 4.80. The van der Waals surface area contributed by atoms with E-state index in [1.54, 1.807) is 7.05 Å². The van der Waals surface area contributed by atoms with Gasteiger partial charge in [0.25, 0.3) is 0 Å². The molecule has 1 unspecified atom stereocenters. The fourth-order valence-electron chi connectivity index (χ4n) is 3.04. The number of hydrogen-bond donors (Lipinski definition) is 4. The topological polar surface area (TPSA) is 95.0 Å². The number of rotatable bonds is 8. The van der Waals surface area contributed by atoms with Crippen molar-refractivity contribution < 1.29 is 14.6 Å². The van der Waals surface area contributed by atoms with Crippen LogP contribution in [0.3, 0.4) is 0 Å². The van der Waals surface area contributed by atoms with Crippen LogP contribution in [0.5, 0.6) is 0 Å². The first-order chi connectivity index (χ1) is 13.0. The van der Waals surface area contributed by atoms with Crippen molar-refractivity contribution in [1.29, 1.82) is 0 Å². The van der Waals surface area contributed by atoms with Crippen LogP contribution < -0.4 is 16.0 Å². The van der Waals surface area contributed by atoms with Crippen molar-refractivity contribution in [3.05, 3.63) is 28.2 Å². The monoisotopic (exact) mass is 440 g/mol. The highest BCUT2D eigenvalue weighted by Crippen LogP contribution is 2.31. The zero-order chi connectivity index (χ0) is 19.7. The summed E-state index contributed by atoms with van der Waals surface area (Å²) in [5, 5.41) is 18.7. The first kappa shape index (κ1) is 21.7. The van der Waals surface area contributed by atoms with Gasteiger partial charge in [-0.2, -0.15) is 0 Å². The second-order valence-corrected chi connectivity index (χ2v) is 7.80. The average Bonchev–Trinajstić information content (AvgIpc) is 3.10. The highest BCUT2D eigenvalue weighted by molar-refractivity contribution is 9.10. The quantitative estimate of drug-likeness (QED) is 0.366. The SMILES string of the molecule is CN=C(NCCC(=O)Nc1cc(Br)ccc1C)NCC1(CCO)CCOC1. The number of amides is 1. The van der Waals surface area contributed by atoms with E-state index >= 15 is 0 Å². The second-order valence-electron chi connectivity index (χ2n) is 6.89. The first-order valence-corrected chi connectivity index (χ1v) is 9.96. The summed E-state index contributed by atoms with van der Waals surface area (Å²) in [6, 6.07) is 5.80. The standard InChI is InChI=1S/C19H29BrN4O3/c1-14-3-4-15(20)11-16(14)24-17(26)5-8-22-18(21-2)23-12-19(6-9-25)7-10-27-13-19/h3-4,11,25H,5-10,12-13H2,1-2H3,(H,24,26)(H2,21,22,23). The lowest BCUT2D eigenvalue weighted by atomic mass is 9.84. The maximum absolute atomic E-state index is 12.2. The molecule has 0 bridgehead atoms. The Morgan fingerprint density at radius 2 is 2.22 bits per heavy atom. The van der Waals surface area contributed by atoms with Gasteiger partial charge in [-0.3, -0.25) is 9.79 Å². The minimum Gasteiger partial charge on any atom is -0.396 e. The predicted octanol–water partition coefficient (Wildman–Crippen LogP) is 2.04. The Bertz CT molecular complexity index is 660. The zero-order valence-corrected chi connectivity index (χ0v) is 17.6. The third-order valence-corrected chi connectivity index (χ3v) is 5.29. The number of anilines is 1. The van der Waals surface area contributed by atoms with Crippen molar-refractivity contribution in [2.75, 3.05) is 45.3 Å². The van der Waals surface area contributed by atoms with E-state index < -0.39 is 0 Å². The number of aliphatic hydroxyl groups is 1. The molecule has 2 rings (SSSR count). The van der Waals surface area contributed by atoms with Crippen LogP contribution in [-0.4, -0.2) is 56.9 Å². The Balaban J connectivity index is 1.75. The van der Waals surface area contributed by atoms with Crippen LogP contribution in [0.1, 0.15) is 24.8 Å². The number of guanidine groups is 1. The van der Waals surface area contributed by atoms with Crippen LogP contribution in [0, 0.1) is 12.3 Å². The zero-order valence-electron chi connectivity index (χ0n) is 16.0. The minimum atomic E-state index is -0.0555. The fraction of sp³-hybridized carbons (Fsp3) is 0.579. The van der Waals surface area contributed by atoms with E-state index in [9.17, 15) is 9.90 Å². The highest BCUT2D eigenvalue weighted by atomic mass is 79.9. The molecule has 150 valence electrons. The molecule has 0 aromatic heterocycles. The maximum Gasteiger partial charge on any atom is 0.226 e. The molecular formula is C19H29BrN4O3. The molecule has 1 atom stereocenters. The largest absolute Gasteiger partial charge is 0.396 e. The number of hydrogen-bond acceptors (Lipinski definition) is 4. The smallest absolute Gasteiger partial charge is 0.226 e. The van der Waals surface area contributed by atoms with Crippen LogP contribution >= 0.6 is 15.9 Å². The molecule has 4 N–H and O–H groups in total. The van der Waals surface area contributed by atoms with E-state index in [1.165, 1.54) is 0 Å². The van der Waals surface area contributed by atoms with Gasteiger partial charge in [0.05, 0.1) is 6.61 Å². The minimum absolute atomic E-state index is 0.0536. The van der Waals surface area contributed by atoms with Crippen molar-refractivity contribution in [1.82, 2.24) is 10.6 Å². The Labute approximate surface area is 169 Å². The summed E-state index contributed by atoms with van der Waals surface area (Å²) in [6.45, 7) is 4.63. The normalized spacial score (nSPS) is 19.8. The molecule has 7 nitrogen and oxygen atoms in total. The van der Waals surface area contributed by atoms with Gasteiger partial charge in [0, 0.05) is 55.3 Å². The Morgan fingerprint density at radius 3 is 2.89 bits per heavy atom. The van der Waals surface area contributed by atoms with Gasteiger partial charge in [0.1, 0.15) is 0 Å². The molecular weight excluding hydrogens is 412 g/mol. The van der Waals surface area contributed by atoms with Crippen LogP contribution in [0.2, 0.25) is 0 Å². The number of aliphatic imine (C=N–C) groups is 1. The van der Waals surface area contributed by atoms with Crippen molar-refractivity contribution in [3.8, 4) is 0 Å². The van der Waals surface area contributed by atoms with Gasteiger partial charge in [0.15, 0.2) is 5.96 Å². The van der Waals surface area contributed by atoms with E-state index in [4.69, 9.17) is 4.74 Å². The summed E-state index contributed by atoms with van der Waals surface area (Å²) in [5.41, 5.74) is 1.77. The second kappa shape index (κ2) is 10.6. The molecule has 1 aromatic carbocycles. The highest BCUT2D eigenvalue weighted by Gasteiger charge is 2.34. The average molecular weight is 441 g/mol.